The minimum atomic E-state index is -1.18. The minimum Gasteiger partial charge on any atom is -0.481 e. The van der Waals surface area contributed by atoms with Crippen LogP contribution in [0.3, 0.4) is 0 Å². The fraction of sp³-hybridized carbons (Fsp3) is 0.227. The maximum Gasteiger partial charge on any atom is 0.339 e. The van der Waals surface area contributed by atoms with Crippen molar-refractivity contribution in [2.75, 3.05) is 12.4 Å². The molecule has 0 spiro atoms. The number of nitrogens with zero attached hydrogens (tertiary/aromatic N) is 1. The van der Waals surface area contributed by atoms with Crippen molar-refractivity contribution in [2.24, 2.45) is 0 Å². The van der Waals surface area contributed by atoms with E-state index in [-0.39, 0.29) is 16.1 Å². The highest BCUT2D eigenvalue weighted by atomic mass is 32.1. The number of thiophene rings is 1. The van der Waals surface area contributed by atoms with E-state index in [2.05, 4.69) is 10.3 Å². The average Bonchev–Trinajstić information content (AvgIpc) is 3.08. The zero-order valence-corrected chi connectivity index (χ0v) is 17.8. The van der Waals surface area contributed by atoms with Crippen molar-refractivity contribution in [3.63, 3.8) is 0 Å². The summed E-state index contributed by atoms with van der Waals surface area (Å²) >= 11 is 1.19. The van der Waals surface area contributed by atoms with Crippen molar-refractivity contribution in [3.05, 3.63) is 64.4 Å². The largest absolute Gasteiger partial charge is 0.481 e. The Balaban J connectivity index is 2.15. The number of halogens is 1. The number of hydrogen-bond donors (Lipinski definition) is 2. The van der Waals surface area contributed by atoms with Gasteiger partial charge in [0.15, 0.2) is 0 Å². The number of aromatic nitrogens is 1. The number of hydrogen-bond acceptors (Lipinski definition) is 5. The second-order valence-electron chi connectivity index (χ2n) is 7.62. The van der Waals surface area contributed by atoms with Crippen LogP contribution in [0.15, 0.2) is 42.6 Å². The Morgan fingerprint density at radius 1 is 1.20 bits per heavy atom. The SMILES string of the molecule is COc1ccc(-c2c(C(C)(C)C)sc(NC(=O)c3cccc(F)c3)c2C(=O)O)cn1. The summed E-state index contributed by atoms with van der Waals surface area (Å²) in [5, 5.41) is 12.8. The number of anilines is 1. The third-order valence-electron chi connectivity index (χ3n) is 4.35. The summed E-state index contributed by atoms with van der Waals surface area (Å²) in [4.78, 5) is 29.8. The molecular weight excluding hydrogens is 407 g/mol. The van der Waals surface area contributed by atoms with Gasteiger partial charge in [0.25, 0.3) is 5.91 Å². The first-order valence-corrected chi connectivity index (χ1v) is 9.91. The Bertz CT molecular complexity index is 1100. The molecule has 2 aromatic heterocycles. The summed E-state index contributed by atoms with van der Waals surface area (Å²) in [5.74, 6) is -1.91. The zero-order chi connectivity index (χ0) is 22.1. The van der Waals surface area contributed by atoms with Crippen LogP contribution in [0.5, 0.6) is 5.88 Å². The number of pyridine rings is 1. The van der Waals surface area contributed by atoms with E-state index in [1.165, 1.54) is 36.6 Å². The first-order chi connectivity index (χ1) is 14.1. The molecule has 2 heterocycles. The monoisotopic (exact) mass is 428 g/mol. The number of carboxylic acid groups (broad SMARTS) is 1. The normalized spacial score (nSPS) is 11.2. The van der Waals surface area contributed by atoms with E-state index in [0.29, 0.717) is 17.0 Å². The van der Waals surface area contributed by atoms with Crippen molar-refractivity contribution < 1.29 is 23.8 Å². The number of aromatic carboxylic acids is 1. The van der Waals surface area contributed by atoms with Crippen LogP contribution in [0, 0.1) is 5.82 Å². The van der Waals surface area contributed by atoms with Crippen LogP contribution in [0.4, 0.5) is 9.39 Å². The first-order valence-electron chi connectivity index (χ1n) is 9.09. The molecule has 3 aromatic rings. The first kappa shape index (κ1) is 21.4. The number of ether oxygens (including phenoxy) is 1. The van der Waals surface area contributed by atoms with Gasteiger partial charge in [0.2, 0.25) is 5.88 Å². The Morgan fingerprint density at radius 3 is 2.47 bits per heavy atom. The lowest BCUT2D eigenvalue weighted by Gasteiger charge is -2.19. The number of nitrogens with one attached hydrogen (secondary N) is 1. The fourth-order valence-electron chi connectivity index (χ4n) is 2.98. The van der Waals surface area contributed by atoms with E-state index in [1.807, 2.05) is 20.8 Å². The van der Waals surface area contributed by atoms with E-state index in [4.69, 9.17) is 4.74 Å². The van der Waals surface area contributed by atoms with Crippen LogP contribution >= 0.6 is 11.3 Å². The third-order valence-corrected chi connectivity index (χ3v) is 5.88. The van der Waals surface area contributed by atoms with Gasteiger partial charge in [0.05, 0.1) is 7.11 Å². The van der Waals surface area contributed by atoms with Crippen LogP contribution in [-0.4, -0.2) is 29.1 Å². The Kier molecular flexibility index (Phi) is 5.89. The average molecular weight is 428 g/mol. The second-order valence-corrected chi connectivity index (χ2v) is 8.64. The van der Waals surface area contributed by atoms with Crippen molar-refractivity contribution in [3.8, 4) is 17.0 Å². The topological polar surface area (TPSA) is 88.5 Å². The summed E-state index contributed by atoms with van der Waals surface area (Å²) < 4.78 is 18.6. The van der Waals surface area contributed by atoms with Crippen LogP contribution < -0.4 is 10.1 Å². The molecule has 8 heteroatoms. The molecule has 0 fully saturated rings. The standard InChI is InChI=1S/C22H21FN2O4S/c1-22(2,3)18-16(13-8-9-15(29-4)24-11-13)17(21(27)28)20(30-18)25-19(26)12-6-5-7-14(23)10-12/h5-11H,1-4H3,(H,25,26)(H,27,28). The maximum atomic E-state index is 13.5. The van der Waals surface area contributed by atoms with Crippen molar-refractivity contribution in [1.29, 1.82) is 0 Å². The molecule has 0 radical (unpaired) electrons. The molecular formula is C22H21FN2O4S. The third kappa shape index (κ3) is 4.33. The van der Waals surface area contributed by atoms with Gasteiger partial charge in [-0.15, -0.1) is 11.3 Å². The van der Waals surface area contributed by atoms with E-state index in [9.17, 15) is 19.1 Å². The number of rotatable bonds is 5. The number of carbonyl (C=O) groups excluding carboxylic acids is 1. The van der Waals surface area contributed by atoms with Gasteiger partial charge in [-0.3, -0.25) is 4.79 Å². The Hall–Kier alpha value is -3.26. The number of amides is 1. The lowest BCUT2D eigenvalue weighted by atomic mass is 9.88. The quantitative estimate of drug-likeness (QED) is 0.583. The van der Waals surface area contributed by atoms with Gasteiger partial charge in [0, 0.05) is 33.8 Å². The summed E-state index contributed by atoms with van der Waals surface area (Å²) in [7, 11) is 1.50. The van der Waals surface area contributed by atoms with E-state index >= 15 is 0 Å². The van der Waals surface area contributed by atoms with E-state index < -0.39 is 23.1 Å². The highest BCUT2D eigenvalue weighted by Gasteiger charge is 2.31. The highest BCUT2D eigenvalue weighted by molar-refractivity contribution is 7.17. The Labute approximate surface area is 177 Å². The minimum absolute atomic E-state index is 0.0263. The van der Waals surface area contributed by atoms with Crippen LogP contribution in [0.25, 0.3) is 11.1 Å². The molecule has 0 saturated carbocycles. The van der Waals surface area contributed by atoms with Gasteiger partial charge in [-0.25, -0.2) is 14.2 Å². The maximum absolute atomic E-state index is 13.5. The molecule has 30 heavy (non-hydrogen) atoms. The predicted molar refractivity (Wildman–Crippen MR) is 114 cm³/mol. The van der Waals surface area contributed by atoms with Gasteiger partial charge >= 0.3 is 5.97 Å². The van der Waals surface area contributed by atoms with Crippen molar-refractivity contribution >= 4 is 28.2 Å². The number of benzene rings is 1. The van der Waals surface area contributed by atoms with Gasteiger partial charge in [0.1, 0.15) is 16.4 Å². The molecule has 2 N–H and O–H groups in total. The molecule has 0 bridgehead atoms. The predicted octanol–water partition coefficient (Wildman–Crippen LogP) is 5.21. The number of methoxy groups -OCH3 is 1. The Morgan fingerprint density at radius 2 is 1.93 bits per heavy atom. The summed E-state index contributed by atoms with van der Waals surface area (Å²) in [6.45, 7) is 5.88. The smallest absolute Gasteiger partial charge is 0.339 e. The van der Waals surface area contributed by atoms with Crippen molar-refractivity contribution in [1.82, 2.24) is 4.98 Å². The summed E-state index contributed by atoms with van der Waals surface area (Å²) in [5.41, 5.74) is 0.767. The second kappa shape index (κ2) is 8.23. The molecule has 6 nitrogen and oxygen atoms in total. The molecule has 0 aliphatic carbocycles. The fourth-order valence-corrected chi connectivity index (χ4v) is 4.25. The highest BCUT2D eigenvalue weighted by Crippen LogP contribution is 2.46. The number of carbonyl (C=O) groups is 2. The summed E-state index contributed by atoms with van der Waals surface area (Å²) in [6.07, 6.45) is 1.54. The summed E-state index contributed by atoms with van der Waals surface area (Å²) in [6, 6.07) is 8.60. The number of carboxylic acids is 1. The molecule has 0 unspecified atom stereocenters. The van der Waals surface area contributed by atoms with Gasteiger partial charge in [-0.2, -0.15) is 0 Å². The van der Waals surface area contributed by atoms with Crippen molar-refractivity contribution in [2.45, 2.75) is 26.2 Å². The molecule has 0 atom stereocenters. The molecule has 156 valence electrons. The van der Waals surface area contributed by atoms with Crippen LogP contribution in [0.1, 0.15) is 46.4 Å². The van der Waals surface area contributed by atoms with Gasteiger partial charge in [-0.05, 0) is 29.7 Å². The van der Waals surface area contributed by atoms with E-state index in [0.717, 1.165) is 10.9 Å². The molecule has 0 aliphatic rings. The van der Waals surface area contributed by atoms with Crippen LogP contribution in [0.2, 0.25) is 0 Å². The van der Waals surface area contributed by atoms with Crippen LogP contribution in [-0.2, 0) is 5.41 Å². The zero-order valence-electron chi connectivity index (χ0n) is 16.9. The molecule has 1 aromatic carbocycles. The lowest BCUT2D eigenvalue weighted by Crippen LogP contribution is -2.14. The molecule has 0 aliphatic heterocycles. The molecule has 3 rings (SSSR count). The van der Waals surface area contributed by atoms with E-state index in [1.54, 1.807) is 18.3 Å². The van der Waals surface area contributed by atoms with Gasteiger partial charge in [-0.1, -0.05) is 26.8 Å². The lowest BCUT2D eigenvalue weighted by molar-refractivity contribution is 0.0699. The molecule has 0 saturated heterocycles. The molecule has 1 amide bonds. The van der Waals surface area contributed by atoms with Gasteiger partial charge < -0.3 is 15.2 Å².